The Hall–Kier alpha value is -0.830. The molecule has 0 aliphatic carbocycles. The van der Waals surface area contributed by atoms with Gasteiger partial charge in [-0.15, -0.1) is 0 Å². The van der Waals surface area contributed by atoms with E-state index in [2.05, 4.69) is 13.5 Å². The summed E-state index contributed by atoms with van der Waals surface area (Å²) in [4.78, 5) is 10.7. The summed E-state index contributed by atoms with van der Waals surface area (Å²) in [5.74, 6) is -0.349. The SMILES string of the molecule is C=CC(=O)OCCCCCCC(O)CCC. The molecular formula is C13H24O3. The van der Waals surface area contributed by atoms with Gasteiger partial charge in [0.25, 0.3) is 0 Å². The van der Waals surface area contributed by atoms with Crippen LogP contribution in [0.3, 0.4) is 0 Å². The number of hydrogen-bond donors (Lipinski definition) is 1. The van der Waals surface area contributed by atoms with Gasteiger partial charge in [-0.05, 0) is 19.3 Å². The second-order valence-electron chi connectivity index (χ2n) is 4.02. The maximum atomic E-state index is 10.7. The molecule has 0 aliphatic heterocycles. The molecule has 94 valence electrons. The summed E-state index contributed by atoms with van der Waals surface area (Å²) >= 11 is 0. The van der Waals surface area contributed by atoms with Gasteiger partial charge in [0.2, 0.25) is 0 Å². The van der Waals surface area contributed by atoms with E-state index in [9.17, 15) is 9.90 Å². The van der Waals surface area contributed by atoms with Gasteiger partial charge in [0.05, 0.1) is 12.7 Å². The lowest BCUT2D eigenvalue weighted by atomic mass is 10.1. The van der Waals surface area contributed by atoms with Crippen LogP contribution in [0.25, 0.3) is 0 Å². The molecule has 0 aromatic carbocycles. The van der Waals surface area contributed by atoms with E-state index >= 15 is 0 Å². The highest BCUT2D eigenvalue weighted by Gasteiger charge is 2.01. The average Bonchev–Trinajstić information content (AvgIpc) is 2.27. The Morgan fingerprint density at radius 3 is 2.62 bits per heavy atom. The fourth-order valence-electron chi connectivity index (χ4n) is 1.54. The third kappa shape index (κ3) is 9.71. The minimum atomic E-state index is -0.349. The summed E-state index contributed by atoms with van der Waals surface area (Å²) in [7, 11) is 0. The van der Waals surface area contributed by atoms with Crippen molar-refractivity contribution in [2.75, 3.05) is 6.61 Å². The lowest BCUT2D eigenvalue weighted by Gasteiger charge is -2.08. The number of aliphatic hydroxyl groups excluding tert-OH is 1. The normalized spacial score (nSPS) is 12.1. The second kappa shape index (κ2) is 10.7. The highest BCUT2D eigenvalue weighted by molar-refractivity contribution is 5.81. The van der Waals surface area contributed by atoms with Gasteiger partial charge >= 0.3 is 5.97 Å². The zero-order valence-electron chi connectivity index (χ0n) is 10.3. The molecule has 0 fully saturated rings. The van der Waals surface area contributed by atoms with E-state index < -0.39 is 0 Å². The van der Waals surface area contributed by atoms with Gasteiger partial charge in [-0.25, -0.2) is 4.79 Å². The minimum absolute atomic E-state index is 0.136. The van der Waals surface area contributed by atoms with E-state index in [0.717, 1.165) is 44.9 Å². The molecule has 0 aliphatic rings. The van der Waals surface area contributed by atoms with E-state index in [-0.39, 0.29) is 12.1 Å². The number of carbonyl (C=O) groups is 1. The fraction of sp³-hybridized carbons (Fsp3) is 0.769. The summed E-state index contributed by atoms with van der Waals surface area (Å²) in [6.07, 6.45) is 7.95. The molecule has 0 rings (SSSR count). The van der Waals surface area contributed by atoms with Gasteiger partial charge in [-0.2, -0.15) is 0 Å². The van der Waals surface area contributed by atoms with Crippen LogP contribution in [-0.4, -0.2) is 23.8 Å². The Morgan fingerprint density at radius 2 is 2.00 bits per heavy atom. The zero-order chi connectivity index (χ0) is 12.2. The van der Waals surface area contributed by atoms with Crippen LogP contribution < -0.4 is 0 Å². The third-order valence-corrected chi connectivity index (χ3v) is 2.46. The van der Waals surface area contributed by atoms with Crippen LogP contribution in [0.5, 0.6) is 0 Å². The maximum absolute atomic E-state index is 10.7. The summed E-state index contributed by atoms with van der Waals surface area (Å²) in [6, 6.07) is 0. The molecule has 1 N–H and O–H groups in total. The predicted molar refractivity (Wildman–Crippen MR) is 65.2 cm³/mol. The molecule has 1 unspecified atom stereocenters. The molecular weight excluding hydrogens is 204 g/mol. The first-order valence-corrected chi connectivity index (χ1v) is 6.18. The van der Waals surface area contributed by atoms with E-state index in [1.807, 2.05) is 0 Å². The molecule has 3 heteroatoms. The highest BCUT2D eigenvalue weighted by Crippen LogP contribution is 2.09. The maximum Gasteiger partial charge on any atom is 0.330 e. The molecule has 0 amide bonds. The Kier molecular flexibility index (Phi) is 10.1. The van der Waals surface area contributed by atoms with Crippen LogP contribution in [0.1, 0.15) is 51.9 Å². The Labute approximate surface area is 98.5 Å². The van der Waals surface area contributed by atoms with Crippen LogP contribution in [0, 0.1) is 0 Å². The molecule has 0 aromatic heterocycles. The van der Waals surface area contributed by atoms with Crippen molar-refractivity contribution in [2.24, 2.45) is 0 Å². The van der Waals surface area contributed by atoms with Gasteiger partial charge in [-0.1, -0.05) is 39.2 Å². The molecule has 0 saturated heterocycles. The van der Waals surface area contributed by atoms with Gasteiger partial charge < -0.3 is 9.84 Å². The molecule has 0 bridgehead atoms. The van der Waals surface area contributed by atoms with E-state index in [0.29, 0.717) is 6.61 Å². The highest BCUT2D eigenvalue weighted by atomic mass is 16.5. The Bertz CT molecular complexity index is 190. The van der Waals surface area contributed by atoms with Crippen molar-refractivity contribution in [3.05, 3.63) is 12.7 Å². The first-order chi connectivity index (χ1) is 7.70. The van der Waals surface area contributed by atoms with Crippen molar-refractivity contribution in [1.29, 1.82) is 0 Å². The first kappa shape index (κ1) is 15.2. The fourth-order valence-corrected chi connectivity index (χ4v) is 1.54. The van der Waals surface area contributed by atoms with E-state index in [1.54, 1.807) is 0 Å². The lowest BCUT2D eigenvalue weighted by molar-refractivity contribution is -0.137. The monoisotopic (exact) mass is 228 g/mol. The number of esters is 1. The van der Waals surface area contributed by atoms with Gasteiger partial charge in [-0.3, -0.25) is 0 Å². The minimum Gasteiger partial charge on any atom is -0.463 e. The number of ether oxygens (including phenoxy) is 1. The summed E-state index contributed by atoms with van der Waals surface area (Å²) in [5, 5.41) is 9.48. The van der Waals surface area contributed by atoms with Crippen LogP contribution in [0.15, 0.2) is 12.7 Å². The molecule has 16 heavy (non-hydrogen) atoms. The molecule has 0 aromatic rings. The number of aliphatic hydroxyl groups is 1. The van der Waals surface area contributed by atoms with Gasteiger partial charge in [0.15, 0.2) is 0 Å². The number of hydrogen-bond acceptors (Lipinski definition) is 3. The zero-order valence-corrected chi connectivity index (χ0v) is 10.3. The summed E-state index contributed by atoms with van der Waals surface area (Å²) in [6.45, 7) is 5.88. The molecule has 0 saturated carbocycles. The van der Waals surface area contributed by atoms with Crippen molar-refractivity contribution in [3.8, 4) is 0 Å². The van der Waals surface area contributed by atoms with Crippen molar-refractivity contribution in [2.45, 2.75) is 58.0 Å². The predicted octanol–water partition coefficient (Wildman–Crippen LogP) is 2.83. The van der Waals surface area contributed by atoms with Crippen molar-refractivity contribution >= 4 is 5.97 Å². The molecule has 1 atom stereocenters. The van der Waals surface area contributed by atoms with Crippen molar-refractivity contribution in [3.63, 3.8) is 0 Å². The smallest absolute Gasteiger partial charge is 0.330 e. The van der Waals surface area contributed by atoms with Gasteiger partial charge in [0.1, 0.15) is 0 Å². The summed E-state index contributed by atoms with van der Waals surface area (Å²) in [5.41, 5.74) is 0. The Balaban J connectivity index is 3.15. The van der Waals surface area contributed by atoms with E-state index in [1.165, 1.54) is 6.08 Å². The lowest BCUT2D eigenvalue weighted by Crippen LogP contribution is -2.05. The van der Waals surface area contributed by atoms with Crippen LogP contribution >= 0.6 is 0 Å². The van der Waals surface area contributed by atoms with Gasteiger partial charge in [0, 0.05) is 6.08 Å². The quantitative estimate of drug-likeness (QED) is 0.355. The van der Waals surface area contributed by atoms with Crippen LogP contribution in [0.4, 0.5) is 0 Å². The molecule has 0 spiro atoms. The topological polar surface area (TPSA) is 46.5 Å². The molecule has 0 radical (unpaired) electrons. The first-order valence-electron chi connectivity index (χ1n) is 6.18. The van der Waals surface area contributed by atoms with Crippen molar-refractivity contribution < 1.29 is 14.6 Å². The molecule has 0 heterocycles. The standard InChI is InChI=1S/C13H24O3/c1-3-9-12(14)10-7-5-6-8-11-16-13(15)4-2/h4,12,14H,2-3,5-11H2,1H3. The second-order valence-corrected chi connectivity index (χ2v) is 4.02. The molecule has 3 nitrogen and oxygen atoms in total. The Morgan fingerprint density at radius 1 is 1.31 bits per heavy atom. The number of unbranched alkanes of at least 4 members (excludes halogenated alkanes) is 3. The average molecular weight is 228 g/mol. The van der Waals surface area contributed by atoms with Crippen LogP contribution in [-0.2, 0) is 9.53 Å². The number of rotatable bonds is 10. The largest absolute Gasteiger partial charge is 0.463 e. The van der Waals surface area contributed by atoms with Crippen LogP contribution in [0.2, 0.25) is 0 Å². The number of carbonyl (C=O) groups excluding carboxylic acids is 1. The van der Waals surface area contributed by atoms with E-state index in [4.69, 9.17) is 4.74 Å². The third-order valence-electron chi connectivity index (χ3n) is 2.46. The van der Waals surface area contributed by atoms with Crippen molar-refractivity contribution in [1.82, 2.24) is 0 Å². The summed E-state index contributed by atoms with van der Waals surface area (Å²) < 4.78 is 4.85.